The van der Waals surface area contributed by atoms with E-state index in [0.717, 1.165) is 6.32 Å². The molecule has 0 bridgehead atoms. The molecule has 3 radical (unpaired) electrons. The molecule has 0 saturated heterocycles. The van der Waals surface area contributed by atoms with E-state index in [9.17, 15) is 0 Å². The lowest BCUT2D eigenvalue weighted by molar-refractivity contribution is 1.47. The van der Waals surface area contributed by atoms with Gasteiger partial charge in [0.25, 0.3) is 0 Å². The lowest BCUT2D eigenvalue weighted by Gasteiger charge is -1.89. The summed E-state index contributed by atoms with van der Waals surface area (Å²) < 4.78 is 0. The Hall–Kier alpha value is 0.195. The molecular weight excluding hydrogens is 68.5 g/mol. The summed E-state index contributed by atoms with van der Waals surface area (Å²) in [4.78, 5) is 0. The summed E-state index contributed by atoms with van der Waals surface area (Å²) in [5.41, 5.74) is 0. The Bertz CT molecular complexity index is 27.2. The normalized spacial score (nSPS) is 7.67. The fourth-order valence-corrected chi connectivity index (χ4v) is 0.372. The van der Waals surface area contributed by atoms with Gasteiger partial charge in [-0.15, -0.1) is 6.82 Å². The van der Waals surface area contributed by atoms with Crippen molar-refractivity contribution in [1.29, 1.82) is 0 Å². The molecule has 3 heteroatoms. The maximum atomic E-state index is 5.35. The number of rotatable bonds is 2. The Morgan fingerprint density at radius 2 is 2.33 bits per heavy atom. The van der Waals surface area contributed by atoms with Gasteiger partial charge in [0.05, 0.1) is 13.7 Å². The Labute approximate surface area is 42.4 Å². The molecule has 0 aliphatic carbocycles. The molecule has 0 aromatic heterocycles. The molecule has 0 N–H and O–H groups in total. The van der Waals surface area contributed by atoms with Crippen molar-refractivity contribution in [3.05, 3.63) is 0 Å². The molecular formula is C3H8B3. The van der Waals surface area contributed by atoms with E-state index < -0.39 is 0 Å². The van der Waals surface area contributed by atoms with Gasteiger partial charge >= 0.3 is 0 Å². The summed E-state index contributed by atoms with van der Waals surface area (Å²) in [6.45, 7) is 4.34. The molecule has 0 aliphatic rings. The molecule has 0 atom stereocenters. The van der Waals surface area contributed by atoms with Gasteiger partial charge in [-0.05, 0) is 0 Å². The van der Waals surface area contributed by atoms with Crippen LogP contribution in [-0.4, -0.2) is 21.4 Å². The van der Waals surface area contributed by atoms with Crippen LogP contribution in [-0.2, 0) is 0 Å². The maximum absolute atomic E-state index is 5.35. The minimum absolute atomic E-state index is 0.273. The van der Waals surface area contributed by atoms with Crippen LogP contribution in [0.4, 0.5) is 0 Å². The third-order valence-electron chi connectivity index (χ3n) is 0.607. The highest BCUT2D eigenvalue weighted by atomic mass is 13.3. The molecule has 0 fully saturated rings. The van der Waals surface area contributed by atoms with E-state index in [2.05, 4.69) is 14.1 Å². The van der Waals surface area contributed by atoms with Crippen LogP contribution in [0.25, 0.3) is 0 Å². The van der Waals surface area contributed by atoms with Gasteiger partial charge in [0.15, 0.2) is 0 Å². The van der Waals surface area contributed by atoms with Gasteiger partial charge in [0, 0.05) is 7.74 Å². The van der Waals surface area contributed by atoms with Crippen molar-refractivity contribution in [3.8, 4) is 0 Å². The van der Waals surface area contributed by atoms with Crippen LogP contribution in [0.1, 0.15) is 6.92 Å². The monoisotopic (exact) mass is 77.1 g/mol. The molecule has 0 unspecified atom stereocenters. The van der Waals surface area contributed by atoms with Gasteiger partial charge < -0.3 is 0 Å². The standard InChI is InChI=1S/C3H8B3/c1-3-5-6(2)4/h3H2,1-2H3. The lowest BCUT2D eigenvalue weighted by atomic mass is 9.11. The molecule has 0 aromatic rings. The van der Waals surface area contributed by atoms with Gasteiger partial charge in [-0.25, -0.2) is 0 Å². The minimum atomic E-state index is 0.273. The Morgan fingerprint density at radius 3 is 2.33 bits per heavy atom. The van der Waals surface area contributed by atoms with Crippen molar-refractivity contribution in [1.82, 2.24) is 0 Å². The average Bonchev–Trinajstić information content (AvgIpc) is 1.35. The molecule has 0 heterocycles. The van der Waals surface area contributed by atoms with Crippen molar-refractivity contribution < 1.29 is 0 Å². The second kappa shape index (κ2) is 3.39. The summed E-state index contributed by atoms with van der Waals surface area (Å²) in [5.74, 6) is 0. The SMILES string of the molecule is [B]B(C)[B]CC. The lowest BCUT2D eigenvalue weighted by Crippen LogP contribution is -2.16. The highest BCUT2D eigenvalue weighted by Gasteiger charge is 1.92. The third kappa shape index (κ3) is 4.19. The van der Waals surface area contributed by atoms with E-state index in [0.29, 0.717) is 0 Å². The molecule has 0 aliphatic heterocycles. The van der Waals surface area contributed by atoms with Crippen LogP contribution >= 0.6 is 0 Å². The van der Waals surface area contributed by atoms with Crippen molar-refractivity contribution in [2.45, 2.75) is 20.1 Å². The quantitative estimate of drug-likeness (QED) is 0.418. The summed E-state index contributed by atoms with van der Waals surface area (Å²) in [5, 5.41) is 0. The molecule has 0 spiro atoms. The summed E-state index contributed by atoms with van der Waals surface area (Å²) in [7, 11) is 7.42. The van der Waals surface area contributed by atoms with Crippen LogP contribution in [0, 0.1) is 0 Å². The molecule has 0 nitrogen and oxygen atoms in total. The van der Waals surface area contributed by atoms with E-state index in [4.69, 9.17) is 7.74 Å². The zero-order chi connectivity index (χ0) is 4.99. The first-order chi connectivity index (χ1) is 2.77. The van der Waals surface area contributed by atoms with E-state index in [1.54, 1.807) is 0 Å². The van der Waals surface area contributed by atoms with Gasteiger partial charge in [-0.3, -0.25) is 0 Å². The van der Waals surface area contributed by atoms with Crippen LogP contribution in [0.5, 0.6) is 0 Å². The van der Waals surface area contributed by atoms with Gasteiger partial charge in [-0.1, -0.05) is 13.2 Å². The van der Waals surface area contributed by atoms with Crippen LogP contribution < -0.4 is 0 Å². The van der Waals surface area contributed by atoms with Crippen LogP contribution in [0.2, 0.25) is 13.1 Å². The topological polar surface area (TPSA) is 0 Å². The summed E-state index contributed by atoms with van der Waals surface area (Å²) >= 11 is 0. The van der Waals surface area contributed by atoms with Gasteiger partial charge in [0.1, 0.15) is 0 Å². The molecule has 0 rings (SSSR count). The fraction of sp³-hybridized carbons (Fsp3) is 1.00. The zero-order valence-corrected chi connectivity index (χ0v) is 4.44. The van der Waals surface area contributed by atoms with Crippen LogP contribution in [0.3, 0.4) is 0 Å². The zero-order valence-electron chi connectivity index (χ0n) is 4.44. The summed E-state index contributed by atoms with van der Waals surface area (Å²) in [6, 6.07) is 0. The van der Waals surface area contributed by atoms with Crippen molar-refractivity contribution in [2.75, 3.05) is 0 Å². The van der Waals surface area contributed by atoms with Crippen molar-refractivity contribution in [3.63, 3.8) is 0 Å². The predicted molar refractivity (Wildman–Crippen MR) is 33.6 cm³/mol. The highest BCUT2D eigenvalue weighted by molar-refractivity contribution is 7.34. The molecule has 29 valence electrons. The second-order valence-corrected chi connectivity index (χ2v) is 1.50. The van der Waals surface area contributed by atoms with E-state index in [1.807, 2.05) is 6.82 Å². The first-order valence-electron chi connectivity index (χ1n) is 2.36. The van der Waals surface area contributed by atoms with Gasteiger partial charge in [-0.2, -0.15) is 0 Å². The Balaban J connectivity index is 2.63. The van der Waals surface area contributed by atoms with Crippen molar-refractivity contribution in [2.24, 2.45) is 0 Å². The molecule has 0 aromatic carbocycles. The van der Waals surface area contributed by atoms with Gasteiger partial charge in [0.2, 0.25) is 0 Å². The smallest absolute Gasteiger partial charge is 0.0637 e. The maximum Gasteiger partial charge on any atom is 0.0637 e. The van der Waals surface area contributed by atoms with E-state index >= 15 is 0 Å². The first kappa shape index (κ1) is 6.19. The minimum Gasteiger partial charge on any atom is -0.101 e. The Morgan fingerprint density at radius 1 is 1.83 bits per heavy atom. The first-order valence-corrected chi connectivity index (χ1v) is 2.36. The predicted octanol–water partition coefficient (Wildman–Crippen LogP) is 0.415. The third-order valence-corrected chi connectivity index (χ3v) is 0.607. The second-order valence-electron chi connectivity index (χ2n) is 1.50. The highest BCUT2D eigenvalue weighted by Crippen LogP contribution is 1.74. The average molecular weight is 76.5 g/mol. The summed E-state index contributed by atoms with van der Waals surface area (Å²) in [6.07, 6.45) is 1.08. The van der Waals surface area contributed by atoms with E-state index in [1.165, 1.54) is 0 Å². The molecule has 6 heavy (non-hydrogen) atoms. The largest absolute Gasteiger partial charge is 0.101 e. The molecule has 0 saturated carbocycles. The molecule has 0 amide bonds. The number of hydrogen-bond acceptors (Lipinski definition) is 0. The number of hydrogen-bond donors (Lipinski definition) is 0. The Kier molecular flexibility index (Phi) is 3.50. The van der Waals surface area contributed by atoms with Crippen molar-refractivity contribution >= 4 is 21.4 Å². The van der Waals surface area contributed by atoms with Crippen LogP contribution in [0.15, 0.2) is 0 Å². The van der Waals surface area contributed by atoms with E-state index in [-0.39, 0.29) is 6.49 Å². The fourth-order valence-electron chi connectivity index (χ4n) is 0.372.